The van der Waals surface area contributed by atoms with Crippen LogP contribution in [0.15, 0.2) is 58.0 Å². The van der Waals surface area contributed by atoms with Crippen LogP contribution in [0.3, 0.4) is 0 Å². The van der Waals surface area contributed by atoms with Gasteiger partial charge in [0.15, 0.2) is 0 Å². The molecule has 1 atom stereocenters. The highest BCUT2D eigenvalue weighted by atomic mass is 15.2. The molecule has 0 aromatic rings. The van der Waals surface area contributed by atoms with E-state index in [0.717, 1.165) is 43.1 Å². The molecule has 25 heavy (non-hydrogen) atoms. The molecule has 0 radical (unpaired) electrons. The monoisotopic (exact) mass is 342 g/mol. The maximum atomic E-state index is 4.66. The van der Waals surface area contributed by atoms with E-state index in [-0.39, 0.29) is 0 Å². The molecule has 1 rings (SSSR count). The molecule has 0 aliphatic carbocycles. The highest BCUT2D eigenvalue weighted by molar-refractivity contribution is 6.16. The lowest BCUT2D eigenvalue weighted by molar-refractivity contribution is 0.255. The SMILES string of the molecule is C=CN=C(C)C(/C(=C\C)C(/CC)=N\C=C/C)=C(\C)N1CCNC(C)C1. The first kappa shape index (κ1) is 21.1. The Morgan fingerprint density at radius 2 is 2.00 bits per heavy atom. The predicted octanol–water partition coefficient (Wildman–Crippen LogP) is 4.49. The normalized spacial score (nSPS) is 21.6. The van der Waals surface area contributed by atoms with E-state index >= 15 is 0 Å². The Balaban J connectivity index is 3.47. The van der Waals surface area contributed by atoms with Crippen molar-refractivity contribution in [1.82, 2.24) is 10.2 Å². The van der Waals surface area contributed by atoms with Crippen molar-refractivity contribution in [2.75, 3.05) is 19.6 Å². The third-order valence-corrected chi connectivity index (χ3v) is 4.43. The van der Waals surface area contributed by atoms with Crippen molar-refractivity contribution in [1.29, 1.82) is 0 Å². The van der Waals surface area contributed by atoms with Gasteiger partial charge >= 0.3 is 0 Å². The molecule has 0 saturated carbocycles. The highest BCUT2D eigenvalue weighted by Gasteiger charge is 2.22. The molecule has 1 aliphatic rings. The van der Waals surface area contributed by atoms with Crippen LogP contribution >= 0.6 is 0 Å². The predicted molar refractivity (Wildman–Crippen MR) is 111 cm³/mol. The molecule has 0 aromatic heterocycles. The lowest BCUT2D eigenvalue weighted by Crippen LogP contribution is -2.48. The third-order valence-electron chi connectivity index (χ3n) is 4.43. The van der Waals surface area contributed by atoms with Crippen LogP contribution in [-0.4, -0.2) is 42.0 Å². The van der Waals surface area contributed by atoms with E-state index in [1.165, 1.54) is 11.3 Å². The van der Waals surface area contributed by atoms with Crippen molar-refractivity contribution < 1.29 is 0 Å². The smallest absolute Gasteiger partial charge is 0.0476 e. The average Bonchev–Trinajstić information content (AvgIpc) is 2.60. The van der Waals surface area contributed by atoms with Gasteiger partial charge in [-0.05, 0) is 41.0 Å². The van der Waals surface area contributed by atoms with Crippen molar-refractivity contribution in [3.8, 4) is 0 Å². The topological polar surface area (TPSA) is 40.0 Å². The van der Waals surface area contributed by atoms with Crippen molar-refractivity contribution in [2.45, 2.75) is 54.0 Å². The number of rotatable bonds is 7. The minimum atomic E-state index is 0.484. The quantitative estimate of drug-likeness (QED) is 0.547. The van der Waals surface area contributed by atoms with Gasteiger partial charge in [-0.1, -0.05) is 25.7 Å². The Bertz CT molecular complexity index is 605. The zero-order chi connectivity index (χ0) is 18.8. The molecule has 1 heterocycles. The summed E-state index contributed by atoms with van der Waals surface area (Å²) < 4.78 is 0. The van der Waals surface area contributed by atoms with Crippen LogP contribution in [0.5, 0.6) is 0 Å². The summed E-state index contributed by atoms with van der Waals surface area (Å²) in [7, 11) is 0. The number of aliphatic imine (C=N–C) groups is 2. The van der Waals surface area contributed by atoms with Crippen molar-refractivity contribution >= 4 is 11.4 Å². The fourth-order valence-corrected chi connectivity index (χ4v) is 3.22. The van der Waals surface area contributed by atoms with Gasteiger partial charge in [-0.2, -0.15) is 0 Å². The number of nitrogens with one attached hydrogen (secondary N) is 1. The standard InChI is InChI=1S/C21H34N4/c1-8-12-24-20(10-3)19(9-2)21(17(6)22-11-4)18(7)25-14-13-23-16(5)15-25/h8-9,11-12,16,23H,4,10,13-15H2,1-3,5-7H3/b12-8-,19-9-,21-18-,22-17?,24-20-. The van der Waals surface area contributed by atoms with E-state index in [0.29, 0.717) is 6.04 Å². The first-order valence-corrected chi connectivity index (χ1v) is 9.19. The molecule has 0 spiro atoms. The number of hydrogen-bond acceptors (Lipinski definition) is 4. The van der Waals surface area contributed by atoms with Crippen LogP contribution < -0.4 is 5.32 Å². The van der Waals surface area contributed by atoms with Gasteiger partial charge in [-0.15, -0.1) is 0 Å². The maximum Gasteiger partial charge on any atom is 0.0476 e. The molecule has 0 amide bonds. The average molecular weight is 343 g/mol. The van der Waals surface area contributed by atoms with E-state index < -0.39 is 0 Å². The number of hydrogen-bond donors (Lipinski definition) is 1. The molecule has 1 N–H and O–H groups in total. The first-order valence-electron chi connectivity index (χ1n) is 9.19. The minimum absolute atomic E-state index is 0.484. The molecule has 4 heteroatoms. The fraction of sp³-hybridized carbons (Fsp3) is 0.524. The van der Waals surface area contributed by atoms with Gasteiger partial charge in [-0.25, -0.2) is 0 Å². The highest BCUT2D eigenvalue weighted by Crippen LogP contribution is 2.24. The number of piperazine rings is 1. The second-order valence-corrected chi connectivity index (χ2v) is 6.27. The summed E-state index contributed by atoms with van der Waals surface area (Å²) in [5.74, 6) is 0. The van der Waals surface area contributed by atoms with Gasteiger partial charge in [0.25, 0.3) is 0 Å². The van der Waals surface area contributed by atoms with Gasteiger partial charge in [0.1, 0.15) is 0 Å². The Labute approximate surface area is 153 Å². The van der Waals surface area contributed by atoms with Gasteiger partial charge in [0.2, 0.25) is 0 Å². The molecule has 138 valence electrons. The summed E-state index contributed by atoms with van der Waals surface area (Å²) in [4.78, 5) is 11.6. The first-order chi connectivity index (χ1) is 12.0. The molecule has 0 aromatic carbocycles. The molecule has 1 unspecified atom stereocenters. The summed E-state index contributed by atoms with van der Waals surface area (Å²) in [6.07, 6.45) is 8.47. The van der Waals surface area contributed by atoms with Gasteiger partial charge in [0, 0.05) is 66.3 Å². The summed E-state index contributed by atoms with van der Waals surface area (Å²) in [5.41, 5.74) is 5.64. The second-order valence-electron chi connectivity index (χ2n) is 6.27. The van der Waals surface area contributed by atoms with E-state index in [1.54, 1.807) is 6.20 Å². The lowest BCUT2D eigenvalue weighted by Gasteiger charge is -2.36. The Kier molecular flexibility index (Phi) is 9.14. The summed E-state index contributed by atoms with van der Waals surface area (Å²) in [6, 6.07) is 0.484. The number of nitrogens with zero attached hydrogens (tertiary/aromatic N) is 3. The fourth-order valence-electron chi connectivity index (χ4n) is 3.22. The van der Waals surface area contributed by atoms with Crippen LogP contribution in [0.4, 0.5) is 0 Å². The van der Waals surface area contributed by atoms with E-state index in [9.17, 15) is 0 Å². The van der Waals surface area contributed by atoms with Gasteiger partial charge in [-0.3, -0.25) is 9.98 Å². The zero-order valence-electron chi connectivity index (χ0n) is 16.8. The van der Waals surface area contributed by atoms with E-state index in [1.807, 2.05) is 19.2 Å². The summed E-state index contributed by atoms with van der Waals surface area (Å²) in [5, 5.41) is 3.51. The van der Waals surface area contributed by atoms with Crippen LogP contribution in [0.2, 0.25) is 0 Å². The van der Waals surface area contributed by atoms with Crippen molar-refractivity contribution in [2.24, 2.45) is 9.98 Å². The van der Waals surface area contributed by atoms with Crippen molar-refractivity contribution in [3.05, 3.63) is 48.0 Å². The third kappa shape index (κ3) is 5.82. The maximum absolute atomic E-state index is 4.66. The van der Waals surface area contributed by atoms with Crippen LogP contribution in [0.1, 0.15) is 48.0 Å². The van der Waals surface area contributed by atoms with Gasteiger partial charge in [0.05, 0.1) is 0 Å². The van der Waals surface area contributed by atoms with E-state index in [4.69, 9.17) is 0 Å². The van der Waals surface area contributed by atoms with Crippen LogP contribution in [-0.2, 0) is 0 Å². The second kappa shape index (κ2) is 10.8. The van der Waals surface area contributed by atoms with Crippen molar-refractivity contribution in [3.63, 3.8) is 0 Å². The molecule has 1 aliphatic heterocycles. The number of allylic oxidation sites excluding steroid dienone is 5. The van der Waals surface area contributed by atoms with Gasteiger partial charge < -0.3 is 10.2 Å². The largest absolute Gasteiger partial charge is 0.372 e. The molecular formula is C21H34N4. The summed E-state index contributed by atoms with van der Waals surface area (Å²) >= 11 is 0. The zero-order valence-corrected chi connectivity index (χ0v) is 16.8. The lowest BCUT2D eigenvalue weighted by atomic mass is 9.93. The molecule has 0 bridgehead atoms. The minimum Gasteiger partial charge on any atom is -0.372 e. The molecular weight excluding hydrogens is 308 g/mol. The molecule has 1 saturated heterocycles. The molecule has 4 nitrogen and oxygen atoms in total. The summed E-state index contributed by atoms with van der Waals surface area (Å²) in [6.45, 7) is 19.5. The molecule has 1 fully saturated rings. The van der Waals surface area contributed by atoms with Crippen LogP contribution in [0.25, 0.3) is 0 Å². The van der Waals surface area contributed by atoms with E-state index in [2.05, 4.69) is 67.5 Å². The Morgan fingerprint density at radius 3 is 2.52 bits per heavy atom. The van der Waals surface area contributed by atoms with Crippen LogP contribution in [0, 0.1) is 0 Å². The Hall–Kier alpha value is -1.94. The Morgan fingerprint density at radius 1 is 1.28 bits per heavy atom.